The topological polar surface area (TPSA) is 106 Å². The van der Waals surface area contributed by atoms with E-state index in [0.717, 1.165) is 4.90 Å². The summed E-state index contributed by atoms with van der Waals surface area (Å²) in [4.78, 5) is 24.7. The van der Waals surface area contributed by atoms with Crippen molar-refractivity contribution in [3.8, 4) is 0 Å². The number of rotatable bonds is 3. The van der Waals surface area contributed by atoms with E-state index in [1.165, 1.54) is 0 Å². The van der Waals surface area contributed by atoms with Crippen molar-refractivity contribution in [2.24, 2.45) is 5.73 Å². The molecule has 1 saturated heterocycles. The Labute approximate surface area is 139 Å². The molecular formula is C15H23F2N3O4. The Hall–Kier alpha value is -2.19. The highest BCUT2D eigenvalue weighted by Crippen LogP contribution is 2.26. The Morgan fingerprint density at radius 1 is 1.42 bits per heavy atom. The van der Waals surface area contributed by atoms with Gasteiger partial charge < -0.3 is 20.6 Å². The number of nitrogens with zero attached hydrogens (tertiary/aromatic N) is 1. The Morgan fingerprint density at radius 2 is 2.00 bits per heavy atom. The second-order valence-electron chi connectivity index (χ2n) is 6.31. The predicted octanol–water partition coefficient (Wildman–Crippen LogP) is 2.06. The maximum Gasteiger partial charge on any atom is 0.411 e. The molecule has 0 radical (unpaired) electrons. The lowest BCUT2D eigenvalue weighted by atomic mass is 9.94. The first-order valence-corrected chi connectivity index (χ1v) is 7.49. The molecule has 1 atom stereocenters. The number of hydrogen-bond acceptors (Lipinski definition) is 6. The van der Waals surface area contributed by atoms with E-state index in [1.807, 2.05) is 0 Å². The standard InChI is InChI=1S/C15H23F2N3O4/c1-5-23-13(21)11(19)8-7-20(14(22)24-15(2,3)4)10(12(16)17)6-9(8)18/h10,12,18H,5-7,19H2,1-4H3/b11-8-,18-9?. The molecule has 7 nitrogen and oxygen atoms in total. The lowest BCUT2D eigenvalue weighted by Gasteiger charge is -2.37. The van der Waals surface area contributed by atoms with Gasteiger partial charge in [-0.15, -0.1) is 0 Å². The number of hydrogen-bond donors (Lipinski definition) is 2. The van der Waals surface area contributed by atoms with Crippen LogP contribution in [0.2, 0.25) is 0 Å². The molecule has 0 aliphatic carbocycles. The summed E-state index contributed by atoms with van der Waals surface area (Å²) in [6, 6.07) is -1.51. The highest BCUT2D eigenvalue weighted by molar-refractivity contribution is 6.06. The largest absolute Gasteiger partial charge is 0.461 e. The summed E-state index contributed by atoms with van der Waals surface area (Å²) in [5, 5.41) is 7.88. The summed E-state index contributed by atoms with van der Waals surface area (Å²) in [6.07, 6.45) is -4.23. The highest BCUT2D eigenvalue weighted by atomic mass is 19.3. The summed E-state index contributed by atoms with van der Waals surface area (Å²) in [5.74, 6) is -0.850. The number of nitrogens with one attached hydrogen (secondary N) is 1. The molecule has 24 heavy (non-hydrogen) atoms. The number of alkyl halides is 2. The van der Waals surface area contributed by atoms with Gasteiger partial charge in [0.1, 0.15) is 17.3 Å². The molecule has 0 aromatic carbocycles. The van der Waals surface area contributed by atoms with Gasteiger partial charge in [0.15, 0.2) is 0 Å². The van der Waals surface area contributed by atoms with E-state index >= 15 is 0 Å². The van der Waals surface area contributed by atoms with Gasteiger partial charge in [0, 0.05) is 17.7 Å². The van der Waals surface area contributed by atoms with Crippen molar-refractivity contribution in [2.75, 3.05) is 13.2 Å². The van der Waals surface area contributed by atoms with Gasteiger partial charge in [0.25, 0.3) is 6.43 Å². The molecule has 0 saturated carbocycles. The van der Waals surface area contributed by atoms with E-state index in [4.69, 9.17) is 20.6 Å². The van der Waals surface area contributed by atoms with Crippen molar-refractivity contribution in [1.82, 2.24) is 4.90 Å². The minimum absolute atomic E-state index is 0.00351. The number of halogens is 2. The molecule has 0 aromatic rings. The number of esters is 1. The van der Waals surface area contributed by atoms with E-state index < -0.39 is 43.1 Å². The number of likely N-dealkylation sites (tertiary alicyclic amines) is 1. The number of amides is 1. The van der Waals surface area contributed by atoms with Gasteiger partial charge in [0.05, 0.1) is 13.2 Å². The zero-order valence-electron chi connectivity index (χ0n) is 14.2. The Morgan fingerprint density at radius 3 is 2.46 bits per heavy atom. The molecule has 3 N–H and O–H groups in total. The van der Waals surface area contributed by atoms with Crippen LogP contribution in [0.25, 0.3) is 0 Å². The monoisotopic (exact) mass is 347 g/mol. The SMILES string of the molecule is CCOC(=O)/C(N)=C1\CN(C(=O)OC(C)(C)C)C(C(F)F)CC1=N. The van der Waals surface area contributed by atoms with E-state index in [0.29, 0.717) is 0 Å². The van der Waals surface area contributed by atoms with E-state index in [-0.39, 0.29) is 23.6 Å². The Balaban J connectivity index is 3.14. The summed E-state index contributed by atoms with van der Waals surface area (Å²) in [6.45, 7) is 6.08. The quantitative estimate of drug-likeness (QED) is 0.600. The molecule has 1 fully saturated rings. The second kappa shape index (κ2) is 7.59. The minimum Gasteiger partial charge on any atom is -0.461 e. The number of carbonyl (C=O) groups is 2. The smallest absolute Gasteiger partial charge is 0.411 e. The van der Waals surface area contributed by atoms with Crippen LogP contribution in [0, 0.1) is 5.41 Å². The molecular weight excluding hydrogens is 324 g/mol. The molecule has 1 aliphatic heterocycles. The van der Waals surface area contributed by atoms with Crippen LogP contribution in [-0.2, 0) is 14.3 Å². The van der Waals surface area contributed by atoms with Gasteiger partial charge in [-0.05, 0) is 27.7 Å². The van der Waals surface area contributed by atoms with Crippen LogP contribution >= 0.6 is 0 Å². The van der Waals surface area contributed by atoms with Crippen LogP contribution in [-0.4, -0.2) is 53.9 Å². The number of ether oxygens (including phenoxy) is 2. The normalized spacial score (nSPS) is 20.9. The van der Waals surface area contributed by atoms with Crippen molar-refractivity contribution in [3.63, 3.8) is 0 Å². The van der Waals surface area contributed by atoms with E-state index in [1.54, 1.807) is 27.7 Å². The third-order valence-corrected chi connectivity index (χ3v) is 3.25. The van der Waals surface area contributed by atoms with Gasteiger partial charge in [-0.25, -0.2) is 18.4 Å². The fourth-order valence-corrected chi connectivity index (χ4v) is 2.15. The molecule has 136 valence electrons. The fourth-order valence-electron chi connectivity index (χ4n) is 2.15. The van der Waals surface area contributed by atoms with Crippen LogP contribution in [0.4, 0.5) is 13.6 Å². The first-order valence-electron chi connectivity index (χ1n) is 7.49. The first-order chi connectivity index (χ1) is 11.0. The zero-order chi connectivity index (χ0) is 18.7. The lowest BCUT2D eigenvalue weighted by Crippen LogP contribution is -2.52. The van der Waals surface area contributed by atoms with E-state index in [2.05, 4.69) is 0 Å². The van der Waals surface area contributed by atoms with Crippen LogP contribution in [0.15, 0.2) is 11.3 Å². The highest BCUT2D eigenvalue weighted by Gasteiger charge is 2.40. The van der Waals surface area contributed by atoms with Crippen LogP contribution in [0.5, 0.6) is 0 Å². The van der Waals surface area contributed by atoms with Crippen LogP contribution in [0.3, 0.4) is 0 Å². The molecule has 1 amide bonds. The molecule has 1 rings (SSSR count). The fraction of sp³-hybridized carbons (Fsp3) is 0.667. The average molecular weight is 347 g/mol. The van der Waals surface area contributed by atoms with Gasteiger partial charge in [-0.3, -0.25) is 4.90 Å². The van der Waals surface area contributed by atoms with Crippen LogP contribution in [0.1, 0.15) is 34.1 Å². The molecule has 0 aromatic heterocycles. The van der Waals surface area contributed by atoms with Crippen molar-refractivity contribution < 1.29 is 27.8 Å². The maximum atomic E-state index is 13.3. The molecule has 0 spiro atoms. The van der Waals surface area contributed by atoms with Gasteiger partial charge in [-0.1, -0.05) is 0 Å². The van der Waals surface area contributed by atoms with Gasteiger partial charge in [0.2, 0.25) is 0 Å². The van der Waals surface area contributed by atoms with Crippen molar-refractivity contribution >= 4 is 17.8 Å². The summed E-state index contributed by atoms with van der Waals surface area (Å²) < 4.78 is 36.4. The molecule has 1 aliphatic rings. The van der Waals surface area contributed by atoms with E-state index in [9.17, 15) is 18.4 Å². The third-order valence-electron chi connectivity index (χ3n) is 3.25. The lowest BCUT2D eigenvalue weighted by molar-refractivity contribution is -0.138. The summed E-state index contributed by atoms with van der Waals surface area (Å²) >= 11 is 0. The van der Waals surface area contributed by atoms with Crippen LogP contribution < -0.4 is 5.73 Å². The third kappa shape index (κ3) is 4.90. The van der Waals surface area contributed by atoms with Crippen molar-refractivity contribution in [2.45, 2.75) is 52.2 Å². The molecule has 1 heterocycles. The predicted molar refractivity (Wildman–Crippen MR) is 82.9 cm³/mol. The number of carbonyl (C=O) groups excluding carboxylic acids is 2. The average Bonchev–Trinajstić information content (AvgIpc) is 2.44. The molecule has 1 unspecified atom stereocenters. The molecule has 0 bridgehead atoms. The molecule has 9 heteroatoms. The minimum atomic E-state index is -2.86. The Bertz CT molecular complexity index is 555. The zero-order valence-corrected chi connectivity index (χ0v) is 14.2. The number of nitrogens with two attached hydrogens (primary N) is 1. The van der Waals surface area contributed by atoms with Crippen molar-refractivity contribution in [1.29, 1.82) is 5.41 Å². The summed E-state index contributed by atoms with van der Waals surface area (Å²) in [5.41, 5.74) is 4.23. The summed E-state index contributed by atoms with van der Waals surface area (Å²) in [7, 11) is 0. The Kier molecular flexibility index (Phi) is 6.28. The van der Waals surface area contributed by atoms with Gasteiger partial charge in [-0.2, -0.15) is 0 Å². The second-order valence-corrected chi connectivity index (χ2v) is 6.31. The van der Waals surface area contributed by atoms with Gasteiger partial charge >= 0.3 is 12.1 Å². The van der Waals surface area contributed by atoms with Crippen molar-refractivity contribution in [3.05, 3.63) is 11.3 Å². The number of piperidine rings is 1. The first kappa shape index (κ1) is 19.9. The maximum absolute atomic E-state index is 13.3.